The van der Waals surface area contributed by atoms with Crippen LogP contribution in [0.3, 0.4) is 0 Å². The van der Waals surface area contributed by atoms with Gasteiger partial charge >= 0.3 is 0 Å². The first-order valence-corrected chi connectivity index (χ1v) is 8.94. The molecule has 0 aliphatic carbocycles. The minimum absolute atomic E-state index is 0.0100. The summed E-state index contributed by atoms with van der Waals surface area (Å²) < 4.78 is 1.21. The highest BCUT2D eigenvalue weighted by Crippen LogP contribution is 2.24. The molecule has 5 nitrogen and oxygen atoms in total. The molecule has 140 valence electrons. The molecule has 0 aliphatic heterocycles. The van der Waals surface area contributed by atoms with E-state index in [1.54, 1.807) is 6.92 Å². The minimum atomic E-state index is -0.509. The third kappa shape index (κ3) is 3.72. The predicted octanol–water partition coefficient (Wildman–Crippen LogP) is 4.15. The van der Waals surface area contributed by atoms with E-state index < -0.39 is 5.56 Å². The fourth-order valence-electron chi connectivity index (χ4n) is 3.12. The lowest BCUT2D eigenvalue weighted by Crippen LogP contribution is -2.25. The lowest BCUT2D eigenvalue weighted by Gasteiger charge is -2.14. The second-order valence-corrected chi connectivity index (χ2v) is 6.77. The van der Waals surface area contributed by atoms with Gasteiger partial charge in [-0.2, -0.15) is 5.26 Å². The molecule has 5 heteroatoms. The van der Waals surface area contributed by atoms with Crippen LogP contribution < -0.4 is 5.56 Å². The Kier molecular flexibility index (Phi) is 5.42. The van der Waals surface area contributed by atoms with Crippen LogP contribution in [0.1, 0.15) is 33.4 Å². The first-order valence-electron chi connectivity index (χ1n) is 8.94. The second kappa shape index (κ2) is 7.93. The van der Waals surface area contributed by atoms with Gasteiger partial charge in [0.2, 0.25) is 5.88 Å². The van der Waals surface area contributed by atoms with Crippen molar-refractivity contribution in [2.45, 2.75) is 27.3 Å². The lowest BCUT2D eigenvalue weighted by atomic mass is 10.1. The molecule has 2 aromatic carbocycles. The number of aliphatic imine (C=N–C) groups is 1. The maximum Gasteiger partial charge on any atom is 0.271 e. The maximum absolute atomic E-state index is 12.7. The molecule has 0 radical (unpaired) electrons. The molecule has 0 atom stereocenters. The summed E-state index contributed by atoms with van der Waals surface area (Å²) in [6.45, 7) is 5.79. The van der Waals surface area contributed by atoms with Gasteiger partial charge in [0, 0.05) is 6.21 Å². The number of hydrogen-bond donors (Lipinski definition) is 1. The van der Waals surface area contributed by atoms with Crippen LogP contribution in [0.15, 0.2) is 58.3 Å². The number of aryl methyl sites for hydroxylation is 2. The van der Waals surface area contributed by atoms with Crippen molar-refractivity contribution in [3.63, 3.8) is 0 Å². The Morgan fingerprint density at radius 3 is 2.50 bits per heavy atom. The van der Waals surface area contributed by atoms with Crippen molar-refractivity contribution < 1.29 is 5.11 Å². The number of aromatic nitrogens is 1. The summed E-state index contributed by atoms with van der Waals surface area (Å²) in [5.41, 5.74) is 4.05. The molecule has 0 saturated carbocycles. The van der Waals surface area contributed by atoms with Crippen molar-refractivity contribution in [3.05, 3.63) is 92.3 Å². The van der Waals surface area contributed by atoms with E-state index in [-0.39, 0.29) is 18.0 Å². The van der Waals surface area contributed by atoms with Gasteiger partial charge in [0.1, 0.15) is 11.6 Å². The molecule has 0 amide bonds. The van der Waals surface area contributed by atoms with E-state index in [0.717, 1.165) is 22.4 Å². The van der Waals surface area contributed by atoms with Crippen molar-refractivity contribution in [1.82, 2.24) is 4.57 Å². The summed E-state index contributed by atoms with van der Waals surface area (Å²) >= 11 is 0. The number of benzene rings is 2. The van der Waals surface area contributed by atoms with Gasteiger partial charge in [0.25, 0.3) is 5.56 Å². The van der Waals surface area contributed by atoms with Crippen LogP contribution in [-0.4, -0.2) is 15.9 Å². The van der Waals surface area contributed by atoms with E-state index in [1.807, 2.05) is 68.4 Å². The zero-order valence-electron chi connectivity index (χ0n) is 16.1. The third-order valence-electron chi connectivity index (χ3n) is 4.71. The van der Waals surface area contributed by atoms with Crippen LogP contribution >= 0.6 is 0 Å². The summed E-state index contributed by atoms with van der Waals surface area (Å²) in [6, 6.07) is 17.2. The fourth-order valence-corrected chi connectivity index (χ4v) is 3.12. The number of nitriles is 1. The quantitative estimate of drug-likeness (QED) is 0.700. The normalized spacial score (nSPS) is 10.9. The first-order chi connectivity index (χ1) is 13.4. The summed E-state index contributed by atoms with van der Waals surface area (Å²) in [6.07, 6.45) is 1.52. The molecule has 0 fully saturated rings. The second-order valence-electron chi connectivity index (χ2n) is 6.77. The highest BCUT2D eigenvalue weighted by atomic mass is 16.3. The number of hydrogen-bond acceptors (Lipinski definition) is 4. The zero-order chi connectivity index (χ0) is 20.3. The van der Waals surface area contributed by atoms with E-state index in [4.69, 9.17) is 0 Å². The summed E-state index contributed by atoms with van der Waals surface area (Å²) in [5, 5.41) is 20.3. The summed E-state index contributed by atoms with van der Waals surface area (Å²) in [7, 11) is 0. The van der Waals surface area contributed by atoms with E-state index in [2.05, 4.69) is 4.99 Å². The third-order valence-corrected chi connectivity index (χ3v) is 4.71. The van der Waals surface area contributed by atoms with Crippen LogP contribution in [0.2, 0.25) is 0 Å². The van der Waals surface area contributed by atoms with Crippen molar-refractivity contribution >= 4 is 11.9 Å². The predicted molar refractivity (Wildman–Crippen MR) is 111 cm³/mol. The average Bonchev–Trinajstić information content (AvgIpc) is 2.68. The Bertz CT molecular complexity index is 1150. The van der Waals surface area contributed by atoms with E-state index in [1.165, 1.54) is 10.8 Å². The number of nitrogens with zero attached hydrogens (tertiary/aromatic N) is 3. The molecular formula is C23H21N3O2. The zero-order valence-corrected chi connectivity index (χ0v) is 16.1. The smallest absolute Gasteiger partial charge is 0.271 e. The molecule has 0 spiro atoms. The molecule has 0 bridgehead atoms. The van der Waals surface area contributed by atoms with E-state index in [0.29, 0.717) is 11.1 Å². The average molecular weight is 371 g/mol. The van der Waals surface area contributed by atoms with Gasteiger partial charge in [-0.3, -0.25) is 14.4 Å². The van der Waals surface area contributed by atoms with E-state index in [9.17, 15) is 15.2 Å². The van der Waals surface area contributed by atoms with Gasteiger partial charge in [0.15, 0.2) is 0 Å². The Labute approximate surface area is 163 Å². The SMILES string of the molecule is Cc1ccc(N=Cc2c(C)c(C#N)c(=O)n(Cc3ccccc3)c2O)c(C)c1. The molecule has 1 N–H and O–H groups in total. The molecule has 0 unspecified atom stereocenters. The summed E-state index contributed by atoms with van der Waals surface area (Å²) in [4.78, 5) is 17.2. The van der Waals surface area contributed by atoms with Crippen LogP contribution in [0.25, 0.3) is 0 Å². The van der Waals surface area contributed by atoms with Crippen molar-refractivity contribution in [1.29, 1.82) is 5.26 Å². The van der Waals surface area contributed by atoms with Gasteiger partial charge in [-0.1, -0.05) is 48.0 Å². The Hall–Kier alpha value is -3.65. The van der Waals surface area contributed by atoms with Gasteiger partial charge in [-0.15, -0.1) is 0 Å². The largest absolute Gasteiger partial charge is 0.494 e. The first kappa shape index (κ1) is 19.1. The van der Waals surface area contributed by atoms with Crippen molar-refractivity contribution in [3.8, 4) is 11.9 Å². The van der Waals surface area contributed by atoms with Crippen molar-refractivity contribution in [2.24, 2.45) is 4.99 Å². The Morgan fingerprint density at radius 2 is 1.86 bits per heavy atom. The maximum atomic E-state index is 12.7. The monoisotopic (exact) mass is 371 g/mol. The number of aromatic hydroxyl groups is 1. The molecule has 1 aromatic heterocycles. The van der Waals surface area contributed by atoms with E-state index >= 15 is 0 Å². The minimum Gasteiger partial charge on any atom is -0.494 e. The van der Waals surface area contributed by atoms with Gasteiger partial charge in [0.05, 0.1) is 17.8 Å². The topological polar surface area (TPSA) is 78.4 Å². The fraction of sp³-hybridized carbons (Fsp3) is 0.174. The Morgan fingerprint density at radius 1 is 1.14 bits per heavy atom. The molecular weight excluding hydrogens is 350 g/mol. The van der Waals surface area contributed by atoms with Crippen LogP contribution in [0.4, 0.5) is 5.69 Å². The van der Waals surface area contributed by atoms with Crippen molar-refractivity contribution in [2.75, 3.05) is 0 Å². The van der Waals surface area contributed by atoms with Gasteiger partial charge < -0.3 is 5.11 Å². The highest BCUT2D eigenvalue weighted by Gasteiger charge is 2.18. The van der Waals surface area contributed by atoms with Gasteiger partial charge in [-0.25, -0.2) is 0 Å². The Balaban J connectivity index is 2.13. The standard InChI is InChI=1S/C23H21N3O2/c1-15-9-10-21(16(2)11-15)25-13-20-17(3)19(12-24)22(27)26(23(20)28)14-18-7-5-4-6-8-18/h4-11,13,28H,14H2,1-3H3. The molecule has 0 aliphatic rings. The molecule has 1 heterocycles. The van der Waals surface area contributed by atoms with Crippen LogP contribution in [0.5, 0.6) is 5.88 Å². The highest BCUT2D eigenvalue weighted by molar-refractivity contribution is 5.87. The number of pyridine rings is 1. The van der Waals surface area contributed by atoms with Gasteiger partial charge in [-0.05, 0) is 43.5 Å². The molecule has 3 aromatic rings. The molecule has 28 heavy (non-hydrogen) atoms. The van der Waals surface area contributed by atoms with Crippen LogP contribution in [0, 0.1) is 32.1 Å². The molecule has 0 saturated heterocycles. The molecule has 3 rings (SSSR count). The van der Waals surface area contributed by atoms with Crippen LogP contribution in [-0.2, 0) is 6.54 Å². The summed E-state index contributed by atoms with van der Waals surface area (Å²) in [5.74, 6) is -0.195. The number of rotatable bonds is 4. The lowest BCUT2D eigenvalue weighted by molar-refractivity contribution is 0.413.